The van der Waals surface area contributed by atoms with Gasteiger partial charge >= 0.3 is 5.97 Å². The van der Waals surface area contributed by atoms with Gasteiger partial charge in [0, 0.05) is 18.4 Å². The summed E-state index contributed by atoms with van der Waals surface area (Å²) >= 11 is 0. The average Bonchev–Trinajstić information content (AvgIpc) is 2.76. The molecule has 2 aliphatic carbocycles. The molecule has 3 rings (SSSR count). The van der Waals surface area contributed by atoms with Crippen LogP contribution in [0, 0.1) is 23.7 Å². The van der Waals surface area contributed by atoms with Crippen molar-refractivity contribution in [1.29, 1.82) is 0 Å². The van der Waals surface area contributed by atoms with Gasteiger partial charge < -0.3 is 20.5 Å². The number of amides is 2. The second-order valence-corrected chi connectivity index (χ2v) is 8.54. The number of fused-ring (bicyclic) bond motifs is 1. The zero-order valence-electron chi connectivity index (χ0n) is 17.6. The number of hydrogen-bond donors (Lipinski definition) is 3. The third-order valence-corrected chi connectivity index (χ3v) is 6.57. The Balaban J connectivity index is 1.38. The highest BCUT2D eigenvalue weighted by atomic mass is 16.5. The van der Waals surface area contributed by atoms with E-state index in [9.17, 15) is 14.4 Å². The van der Waals surface area contributed by atoms with Crippen molar-refractivity contribution in [1.82, 2.24) is 10.6 Å². The Morgan fingerprint density at radius 1 is 0.967 bits per heavy atom. The lowest BCUT2D eigenvalue weighted by atomic mass is 9.75. The molecule has 2 saturated carbocycles. The molecule has 166 valence electrons. The Bertz CT molecular complexity index is 712. The zero-order chi connectivity index (χ0) is 21.5. The fourth-order valence-corrected chi connectivity index (χ4v) is 4.79. The molecular weight excluding hydrogens is 388 g/mol. The van der Waals surface area contributed by atoms with E-state index in [4.69, 9.17) is 9.84 Å². The molecule has 0 bridgehead atoms. The van der Waals surface area contributed by atoms with Gasteiger partial charge in [0.05, 0.1) is 31.7 Å². The Kier molecular flexibility index (Phi) is 7.81. The predicted molar refractivity (Wildman–Crippen MR) is 111 cm³/mol. The molecule has 0 aromatic carbocycles. The van der Waals surface area contributed by atoms with Crippen LogP contribution in [-0.2, 0) is 19.1 Å². The van der Waals surface area contributed by atoms with E-state index in [0.29, 0.717) is 31.2 Å². The number of carbonyl (C=O) groups is 3. The lowest BCUT2D eigenvalue weighted by Gasteiger charge is -2.33. The zero-order valence-corrected chi connectivity index (χ0v) is 17.6. The van der Waals surface area contributed by atoms with Crippen molar-refractivity contribution in [3.8, 4) is 0 Å². The minimum atomic E-state index is -0.730. The van der Waals surface area contributed by atoms with Crippen molar-refractivity contribution < 1.29 is 24.2 Å². The predicted octanol–water partition coefficient (Wildman–Crippen LogP) is 1.72. The van der Waals surface area contributed by atoms with Gasteiger partial charge in [-0.3, -0.25) is 14.4 Å². The van der Waals surface area contributed by atoms with E-state index < -0.39 is 5.97 Å². The largest absolute Gasteiger partial charge is 0.483 e. The van der Waals surface area contributed by atoms with Crippen LogP contribution < -0.4 is 10.6 Å². The fraction of sp³-hybridized carbons (Fsp3) is 0.762. The second kappa shape index (κ2) is 10.5. The van der Waals surface area contributed by atoms with Gasteiger partial charge in [0.1, 0.15) is 0 Å². The second-order valence-electron chi connectivity index (χ2n) is 8.54. The number of carboxylic acids is 1. The molecule has 0 spiro atoms. The van der Waals surface area contributed by atoms with Crippen molar-refractivity contribution in [2.45, 2.75) is 57.8 Å². The van der Waals surface area contributed by atoms with Crippen LogP contribution in [0.3, 0.4) is 0 Å². The molecule has 9 heteroatoms. The molecule has 1 heterocycles. The normalized spacial score (nSPS) is 28.4. The number of rotatable bonds is 7. The van der Waals surface area contributed by atoms with Crippen LogP contribution in [-0.4, -0.2) is 54.7 Å². The summed E-state index contributed by atoms with van der Waals surface area (Å²) in [5.74, 6) is -0.113. The van der Waals surface area contributed by atoms with E-state index in [1.807, 2.05) is 0 Å². The fourth-order valence-electron chi connectivity index (χ4n) is 4.79. The van der Waals surface area contributed by atoms with E-state index in [1.165, 1.54) is 0 Å². The molecule has 30 heavy (non-hydrogen) atoms. The Morgan fingerprint density at radius 3 is 2.33 bits per heavy atom. The third-order valence-electron chi connectivity index (χ3n) is 6.57. The van der Waals surface area contributed by atoms with Gasteiger partial charge in [-0.25, -0.2) is 0 Å². The minimum absolute atomic E-state index is 0.0722. The number of nitrogens with one attached hydrogen (secondary N) is 2. The summed E-state index contributed by atoms with van der Waals surface area (Å²) in [4.78, 5) is 35.4. The van der Waals surface area contributed by atoms with Crippen LogP contribution in [0.15, 0.2) is 10.2 Å². The molecule has 3 aliphatic rings. The van der Waals surface area contributed by atoms with Crippen LogP contribution in [0.1, 0.15) is 57.8 Å². The molecule has 2 unspecified atom stereocenters. The van der Waals surface area contributed by atoms with Crippen molar-refractivity contribution in [2.75, 3.05) is 20.2 Å². The molecule has 2 fully saturated rings. The van der Waals surface area contributed by atoms with E-state index in [2.05, 4.69) is 20.8 Å². The summed E-state index contributed by atoms with van der Waals surface area (Å²) in [5.41, 5.74) is 0.772. The Morgan fingerprint density at radius 2 is 1.67 bits per heavy atom. The highest BCUT2D eigenvalue weighted by molar-refractivity contribution is 6.05. The highest BCUT2D eigenvalue weighted by Gasteiger charge is 2.37. The van der Waals surface area contributed by atoms with Gasteiger partial charge in [-0.15, -0.1) is 5.10 Å². The monoisotopic (exact) mass is 420 g/mol. The number of carbonyl (C=O) groups excluding carboxylic acids is 2. The summed E-state index contributed by atoms with van der Waals surface area (Å²) in [5, 5.41) is 22.9. The van der Waals surface area contributed by atoms with Crippen LogP contribution in [0.4, 0.5) is 0 Å². The quantitative estimate of drug-likeness (QED) is 0.577. The first-order chi connectivity index (χ1) is 14.5. The molecule has 0 aromatic rings. The topological polar surface area (TPSA) is 129 Å². The van der Waals surface area contributed by atoms with Crippen molar-refractivity contribution in [3.05, 3.63) is 0 Å². The Labute approximate surface area is 176 Å². The number of hydrogen-bond acceptors (Lipinski definition) is 6. The van der Waals surface area contributed by atoms with E-state index in [0.717, 1.165) is 44.2 Å². The summed E-state index contributed by atoms with van der Waals surface area (Å²) in [6.45, 7) is 0.448. The van der Waals surface area contributed by atoms with Crippen molar-refractivity contribution in [2.24, 2.45) is 33.9 Å². The molecule has 2 atom stereocenters. The number of carboxylic acid groups (broad SMARTS) is 1. The standard InChI is InChI=1S/C21H32N4O5/c1-30-20-16-5-3-2-4-15(16)17(24-25-20)10-18(26)23-12-19(27)22-11-13-6-8-14(9-7-13)21(28)29/h13-16H,2-12H2,1H3,(H,22,27)(H,23,26)(H,28,29). The summed E-state index contributed by atoms with van der Waals surface area (Å²) < 4.78 is 5.35. The molecule has 0 aromatic heterocycles. The van der Waals surface area contributed by atoms with Gasteiger partial charge in [-0.1, -0.05) is 12.8 Å². The maximum absolute atomic E-state index is 12.3. The first kappa shape index (κ1) is 22.2. The van der Waals surface area contributed by atoms with E-state index >= 15 is 0 Å². The van der Waals surface area contributed by atoms with Crippen LogP contribution in [0.25, 0.3) is 0 Å². The van der Waals surface area contributed by atoms with Crippen LogP contribution >= 0.6 is 0 Å². The highest BCUT2D eigenvalue weighted by Crippen LogP contribution is 2.35. The number of nitrogens with zero attached hydrogens (tertiary/aromatic N) is 2. The molecule has 2 amide bonds. The first-order valence-electron chi connectivity index (χ1n) is 10.9. The first-order valence-corrected chi connectivity index (χ1v) is 10.9. The molecule has 0 saturated heterocycles. The van der Waals surface area contributed by atoms with Gasteiger partial charge in [-0.05, 0) is 44.4 Å². The number of methoxy groups -OCH3 is 1. The van der Waals surface area contributed by atoms with Gasteiger partial charge in [0.15, 0.2) is 0 Å². The smallest absolute Gasteiger partial charge is 0.306 e. The summed E-state index contributed by atoms with van der Waals surface area (Å²) in [6, 6.07) is 0. The maximum Gasteiger partial charge on any atom is 0.306 e. The number of aliphatic carboxylic acids is 1. The average molecular weight is 421 g/mol. The lowest BCUT2D eigenvalue weighted by molar-refractivity contribution is -0.143. The molecular formula is C21H32N4O5. The number of ether oxygens (including phenoxy) is 1. The molecule has 1 aliphatic heterocycles. The third kappa shape index (κ3) is 5.79. The van der Waals surface area contributed by atoms with Crippen LogP contribution in [0.2, 0.25) is 0 Å². The molecule has 0 radical (unpaired) electrons. The maximum atomic E-state index is 12.3. The van der Waals surface area contributed by atoms with Gasteiger partial charge in [0.2, 0.25) is 17.7 Å². The van der Waals surface area contributed by atoms with E-state index in [-0.39, 0.29) is 42.5 Å². The van der Waals surface area contributed by atoms with Crippen molar-refractivity contribution in [3.63, 3.8) is 0 Å². The molecule has 9 nitrogen and oxygen atoms in total. The van der Waals surface area contributed by atoms with Crippen molar-refractivity contribution >= 4 is 29.4 Å². The Hall–Kier alpha value is -2.45. The van der Waals surface area contributed by atoms with Gasteiger partial charge in [-0.2, -0.15) is 5.10 Å². The van der Waals surface area contributed by atoms with E-state index in [1.54, 1.807) is 7.11 Å². The van der Waals surface area contributed by atoms with Gasteiger partial charge in [0.25, 0.3) is 0 Å². The SMILES string of the molecule is COC1=NN=C(CC(=O)NCC(=O)NCC2CCC(C(=O)O)CC2)C2CCCCC12. The summed E-state index contributed by atoms with van der Waals surface area (Å²) in [7, 11) is 1.61. The lowest BCUT2D eigenvalue weighted by Crippen LogP contribution is -2.42. The summed E-state index contributed by atoms with van der Waals surface area (Å²) in [6.07, 6.45) is 7.27. The molecule has 3 N–H and O–H groups in total. The van der Waals surface area contributed by atoms with Crippen LogP contribution in [0.5, 0.6) is 0 Å². The minimum Gasteiger partial charge on any atom is -0.483 e.